The van der Waals surface area contributed by atoms with E-state index in [1.54, 1.807) is 0 Å². The Morgan fingerprint density at radius 3 is 2.72 bits per heavy atom. The summed E-state index contributed by atoms with van der Waals surface area (Å²) in [6, 6.07) is 6.75. The summed E-state index contributed by atoms with van der Waals surface area (Å²) in [5, 5.41) is 0. The van der Waals surface area contributed by atoms with Gasteiger partial charge in [-0.25, -0.2) is 0 Å². The maximum atomic E-state index is 12.7. The van der Waals surface area contributed by atoms with Gasteiger partial charge in [0.1, 0.15) is 0 Å². The zero-order chi connectivity index (χ0) is 12.9. The number of aryl methyl sites for hydroxylation is 1. The molecule has 1 amide bonds. The van der Waals surface area contributed by atoms with Gasteiger partial charge in [-0.05, 0) is 44.2 Å². The number of carbonyl (C=O) groups is 1. The van der Waals surface area contributed by atoms with Gasteiger partial charge in [0.2, 0.25) is 0 Å². The fraction of sp³-hybridized carbons (Fsp3) is 0.533. The molecule has 0 bridgehead atoms. The predicted octanol–water partition coefficient (Wildman–Crippen LogP) is 1.87. The average Bonchev–Trinajstić information content (AvgIpc) is 3.12. The largest absolute Gasteiger partial charge is 0.331 e. The van der Waals surface area contributed by atoms with Crippen molar-refractivity contribution >= 4 is 5.91 Å². The lowest BCUT2D eigenvalue weighted by atomic mass is 9.88. The zero-order valence-corrected chi connectivity index (χ0v) is 11.0. The van der Waals surface area contributed by atoms with Gasteiger partial charge in [0, 0.05) is 17.6 Å². The second kappa shape index (κ2) is 4.09. The highest BCUT2D eigenvalue weighted by Crippen LogP contribution is 2.36. The highest BCUT2D eigenvalue weighted by Gasteiger charge is 2.42. The lowest BCUT2D eigenvalue weighted by Crippen LogP contribution is -2.54. The van der Waals surface area contributed by atoms with E-state index in [2.05, 4.69) is 11.0 Å². The van der Waals surface area contributed by atoms with Crippen molar-refractivity contribution < 1.29 is 4.79 Å². The molecule has 3 nitrogen and oxygen atoms in total. The Bertz CT molecular complexity index is 491. The number of rotatable bonds is 2. The molecule has 1 saturated carbocycles. The number of nitrogens with two attached hydrogens (primary N) is 1. The molecule has 96 valence electrons. The molecule has 1 aromatic carbocycles. The maximum absolute atomic E-state index is 12.7. The molecular formula is C15H20N2O. The Kier molecular flexibility index (Phi) is 2.67. The van der Waals surface area contributed by atoms with Gasteiger partial charge in [-0.15, -0.1) is 0 Å². The number of hydrogen-bond donors (Lipinski definition) is 1. The molecule has 1 fully saturated rings. The molecule has 1 aromatic rings. The minimum Gasteiger partial charge on any atom is -0.331 e. The van der Waals surface area contributed by atoms with Crippen LogP contribution in [0, 0.1) is 6.92 Å². The SMILES string of the molecule is Cc1cccc2c1C(=O)N(C1CC1)C([C@H](C)N)C2. The van der Waals surface area contributed by atoms with Gasteiger partial charge in [-0.2, -0.15) is 0 Å². The van der Waals surface area contributed by atoms with E-state index in [0.29, 0.717) is 6.04 Å². The van der Waals surface area contributed by atoms with Crippen molar-refractivity contribution in [1.82, 2.24) is 4.90 Å². The molecule has 2 N–H and O–H groups in total. The Labute approximate surface area is 108 Å². The van der Waals surface area contributed by atoms with E-state index in [1.807, 2.05) is 26.0 Å². The summed E-state index contributed by atoms with van der Waals surface area (Å²) >= 11 is 0. The first kappa shape index (κ1) is 11.7. The zero-order valence-electron chi connectivity index (χ0n) is 11.0. The van der Waals surface area contributed by atoms with Crippen LogP contribution in [0.5, 0.6) is 0 Å². The van der Waals surface area contributed by atoms with Gasteiger partial charge in [0.15, 0.2) is 0 Å². The molecule has 1 aliphatic heterocycles. The van der Waals surface area contributed by atoms with Gasteiger partial charge in [-0.1, -0.05) is 18.2 Å². The number of hydrogen-bond acceptors (Lipinski definition) is 2. The monoisotopic (exact) mass is 244 g/mol. The van der Waals surface area contributed by atoms with Crippen molar-refractivity contribution in [3.63, 3.8) is 0 Å². The summed E-state index contributed by atoms with van der Waals surface area (Å²) in [4.78, 5) is 14.8. The molecule has 18 heavy (non-hydrogen) atoms. The van der Waals surface area contributed by atoms with Gasteiger partial charge in [-0.3, -0.25) is 4.79 Å². The summed E-state index contributed by atoms with van der Waals surface area (Å²) in [5.74, 6) is 0.194. The Hall–Kier alpha value is -1.35. The van der Waals surface area contributed by atoms with Crippen LogP contribution in [0.4, 0.5) is 0 Å². The van der Waals surface area contributed by atoms with Crippen LogP contribution in [0.3, 0.4) is 0 Å². The van der Waals surface area contributed by atoms with Crippen molar-refractivity contribution in [1.29, 1.82) is 0 Å². The van der Waals surface area contributed by atoms with Crippen LogP contribution in [-0.2, 0) is 6.42 Å². The number of carbonyl (C=O) groups excluding carboxylic acids is 1. The van der Waals surface area contributed by atoms with E-state index in [-0.39, 0.29) is 18.0 Å². The van der Waals surface area contributed by atoms with E-state index >= 15 is 0 Å². The van der Waals surface area contributed by atoms with Crippen molar-refractivity contribution in [3.8, 4) is 0 Å². The molecule has 1 heterocycles. The quantitative estimate of drug-likeness (QED) is 0.863. The first-order valence-electron chi connectivity index (χ1n) is 6.76. The summed E-state index contributed by atoms with van der Waals surface area (Å²) in [7, 11) is 0. The molecule has 0 spiro atoms. The van der Waals surface area contributed by atoms with Crippen LogP contribution < -0.4 is 5.73 Å². The van der Waals surface area contributed by atoms with E-state index in [1.165, 1.54) is 5.56 Å². The fourth-order valence-corrected chi connectivity index (χ4v) is 3.04. The molecule has 2 aliphatic rings. The van der Waals surface area contributed by atoms with Gasteiger partial charge >= 0.3 is 0 Å². The molecule has 3 rings (SSSR count). The van der Waals surface area contributed by atoms with Crippen molar-refractivity contribution in [3.05, 3.63) is 34.9 Å². The van der Waals surface area contributed by atoms with Gasteiger partial charge in [0.25, 0.3) is 5.91 Å². The van der Waals surface area contributed by atoms with Gasteiger partial charge < -0.3 is 10.6 Å². The minimum absolute atomic E-state index is 0.0308. The van der Waals surface area contributed by atoms with Crippen molar-refractivity contribution in [2.24, 2.45) is 5.73 Å². The lowest BCUT2D eigenvalue weighted by Gasteiger charge is -2.39. The van der Waals surface area contributed by atoms with Crippen molar-refractivity contribution in [2.75, 3.05) is 0 Å². The van der Waals surface area contributed by atoms with Crippen LogP contribution in [0.15, 0.2) is 18.2 Å². The summed E-state index contributed by atoms with van der Waals surface area (Å²) < 4.78 is 0. The smallest absolute Gasteiger partial charge is 0.254 e. The third kappa shape index (κ3) is 1.74. The van der Waals surface area contributed by atoms with E-state index in [9.17, 15) is 4.79 Å². The third-order valence-corrected chi connectivity index (χ3v) is 4.14. The number of amides is 1. The molecule has 0 aromatic heterocycles. The molecule has 0 radical (unpaired) electrons. The molecular weight excluding hydrogens is 224 g/mol. The summed E-state index contributed by atoms with van der Waals surface area (Å²) in [6.45, 7) is 4.03. The number of nitrogens with zero attached hydrogens (tertiary/aromatic N) is 1. The van der Waals surface area contributed by atoms with E-state index < -0.39 is 0 Å². The number of fused-ring (bicyclic) bond motifs is 1. The lowest BCUT2D eigenvalue weighted by molar-refractivity contribution is 0.0604. The highest BCUT2D eigenvalue weighted by molar-refractivity contribution is 5.98. The molecule has 2 atom stereocenters. The summed E-state index contributed by atoms with van der Waals surface area (Å²) in [5.41, 5.74) is 9.26. The normalized spacial score (nSPS) is 24.9. The predicted molar refractivity (Wildman–Crippen MR) is 71.5 cm³/mol. The molecule has 1 unspecified atom stereocenters. The van der Waals surface area contributed by atoms with Crippen molar-refractivity contribution in [2.45, 2.75) is 51.2 Å². The molecule has 1 aliphatic carbocycles. The minimum atomic E-state index is 0.0308. The fourth-order valence-electron chi connectivity index (χ4n) is 3.04. The standard InChI is InChI=1S/C15H20N2O/c1-9-4-3-5-11-8-13(10(2)16)17(12-6-7-12)15(18)14(9)11/h3-5,10,12-13H,6-8,16H2,1-2H3/t10-,13?/m0/s1. The first-order chi connectivity index (χ1) is 8.59. The third-order valence-electron chi connectivity index (χ3n) is 4.14. The first-order valence-corrected chi connectivity index (χ1v) is 6.76. The average molecular weight is 244 g/mol. The highest BCUT2D eigenvalue weighted by atomic mass is 16.2. The topological polar surface area (TPSA) is 46.3 Å². The van der Waals surface area contributed by atoms with Crippen LogP contribution in [-0.4, -0.2) is 28.9 Å². The second-order valence-corrected chi connectivity index (χ2v) is 5.68. The van der Waals surface area contributed by atoms with E-state index in [0.717, 1.165) is 30.4 Å². The van der Waals surface area contributed by atoms with Gasteiger partial charge in [0.05, 0.1) is 6.04 Å². The Morgan fingerprint density at radius 1 is 1.39 bits per heavy atom. The maximum Gasteiger partial charge on any atom is 0.254 e. The molecule has 0 saturated heterocycles. The van der Waals surface area contributed by atoms with Crippen LogP contribution in [0.1, 0.15) is 41.3 Å². The van der Waals surface area contributed by atoms with Crippen LogP contribution in [0.25, 0.3) is 0 Å². The second-order valence-electron chi connectivity index (χ2n) is 5.68. The molecule has 3 heteroatoms. The number of benzene rings is 1. The van der Waals surface area contributed by atoms with E-state index in [4.69, 9.17) is 5.73 Å². The summed E-state index contributed by atoms with van der Waals surface area (Å²) in [6.07, 6.45) is 3.17. The Morgan fingerprint density at radius 2 is 2.11 bits per heavy atom. The van der Waals surface area contributed by atoms with Crippen LogP contribution in [0.2, 0.25) is 0 Å². The van der Waals surface area contributed by atoms with Crippen LogP contribution >= 0.6 is 0 Å². The Balaban J connectivity index is 2.06.